The number of nitrogens with one attached hydrogen (secondary N) is 1. The van der Waals surface area contributed by atoms with Crippen molar-refractivity contribution in [3.05, 3.63) is 72.2 Å². The van der Waals surface area contributed by atoms with E-state index < -0.39 is 12.1 Å². The second-order valence-electron chi connectivity index (χ2n) is 5.61. The third-order valence-corrected chi connectivity index (χ3v) is 3.47. The summed E-state index contributed by atoms with van der Waals surface area (Å²) in [4.78, 5) is 25.0. The van der Waals surface area contributed by atoms with Crippen LogP contribution in [0.5, 0.6) is 0 Å². The zero-order valence-electron chi connectivity index (χ0n) is 14.9. The van der Waals surface area contributed by atoms with Crippen LogP contribution in [0, 0.1) is 0 Å². The van der Waals surface area contributed by atoms with E-state index in [2.05, 4.69) is 15.5 Å². The summed E-state index contributed by atoms with van der Waals surface area (Å²) in [6.45, 7) is 0.526. The van der Waals surface area contributed by atoms with Gasteiger partial charge in [-0.25, -0.2) is 4.79 Å². The van der Waals surface area contributed by atoms with Gasteiger partial charge in [0.2, 0.25) is 0 Å². The highest BCUT2D eigenvalue weighted by atomic mass is 19.4. The van der Waals surface area contributed by atoms with E-state index in [0.717, 1.165) is 17.5 Å². The Hall–Kier alpha value is -3.69. The molecule has 0 spiro atoms. The number of carbonyl (C=O) groups is 2. The zero-order valence-corrected chi connectivity index (χ0v) is 14.9. The first-order valence-electron chi connectivity index (χ1n) is 8.26. The molecule has 10 heteroatoms. The first-order valence-corrected chi connectivity index (χ1v) is 8.26. The standard InChI is InChI=1S/C17H15N3O2.C2HF3O2/c21-17(19-10-8-13-5-4-9-18-12-13)15-11-16(22-20-15)14-6-2-1-3-7-14;3-2(4,5)1(6)7/h1-7,9,11-12H,8,10H2,(H,19,21);(H,6,7). The number of carboxylic acid groups (broad SMARTS) is 1. The molecule has 3 rings (SSSR count). The smallest absolute Gasteiger partial charge is 0.475 e. The van der Waals surface area contributed by atoms with Crippen molar-refractivity contribution in [2.45, 2.75) is 12.6 Å². The fourth-order valence-electron chi connectivity index (χ4n) is 2.08. The SMILES string of the molecule is O=C(NCCc1cccnc1)c1cc(-c2ccccc2)on1.O=C(O)C(F)(F)F. The molecule has 0 aliphatic heterocycles. The molecule has 0 atom stereocenters. The fourth-order valence-corrected chi connectivity index (χ4v) is 2.08. The molecule has 0 aliphatic carbocycles. The van der Waals surface area contributed by atoms with Crippen molar-refractivity contribution >= 4 is 11.9 Å². The van der Waals surface area contributed by atoms with E-state index in [0.29, 0.717) is 12.3 Å². The van der Waals surface area contributed by atoms with Crippen LogP contribution in [0.3, 0.4) is 0 Å². The molecular formula is C19H16F3N3O4. The van der Waals surface area contributed by atoms with Crippen molar-refractivity contribution < 1.29 is 32.4 Å². The molecule has 7 nitrogen and oxygen atoms in total. The van der Waals surface area contributed by atoms with Crippen LogP contribution >= 0.6 is 0 Å². The molecule has 0 unspecified atom stereocenters. The second kappa shape index (κ2) is 10.0. The molecule has 2 aromatic heterocycles. The van der Waals surface area contributed by atoms with E-state index in [1.807, 2.05) is 42.5 Å². The summed E-state index contributed by atoms with van der Waals surface area (Å²) in [6, 6.07) is 15.1. The Morgan fingerprint density at radius 2 is 1.79 bits per heavy atom. The van der Waals surface area contributed by atoms with Gasteiger partial charge < -0.3 is 14.9 Å². The number of benzene rings is 1. The Labute approximate surface area is 163 Å². The van der Waals surface area contributed by atoms with Gasteiger partial charge >= 0.3 is 12.1 Å². The summed E-state index contributed by atoms with van der Waals surface area (Å²) in [7, 11) is 0. The highest BCUT2D eigenvalue weighted by Gasteiger charge is 2.38. The zero-order chi connectivity index (χ0) is 21.3. The lowest BCUT2D eigenvalue weighted by Crippen LogP contribution is -2.25. The van der Waals surface area contributed by atoms with E-state index in [4.69, 9.17) is 14.4 Å². The lowest BCUT2D eigenvalue weighted by atomic mass is 10.1. The number of alkyl halides is 3. The molecule has 0 saturated carbocycles. The first-order chi connectivity index (χ1) is 13.8. The third-order valence-electron chi connectivity index (χ3n) is 3.47. The summed E-state index contributed by atoms with van der Waals surface area (Å²) in [5, 5.41) is 13.8. The van der Waals surface area contributed by atoms with Crippen LogP contribution in [0.15, 0.2) is 65.4 Å². The van der Waals surface area contributed by atoms with Crippen molar-refractivity contribution in [3.8, 4) is 11.3 Å². The highest BCUT2D eigenvalue weighted by molar-refractivity contribution is 5.93. The van der Waals surface area contributed by atoms with Gasteiger partial charge in [-0.1, -0.05) is 41.6 Å². The number of rotatable bonds is 5. The predicted molar refractivity (Wildman–Crippen MR) is 95.9 cm³/mol. The number of nitrogens with zero attached hydrogens (tertiary/aromatic N) is 2. The lowest BCUT2D eigenvalue weighted by molar-refractivity contribution is -0.192. The van der Waals surface area contributed by atoms with Gasteiger partial charge in [-0.2, -0.15) is 13.2 Å². The van der Waals surface area contributed by atoms with Gasteiger partial charge in [-0.15, -0.1) is 0 Å². The van der Waals surface area contributed by atoms with Gasteiger partial charge in [0.05, 0.1) is 0 Å². The Morgan fingerprint density at radius 1 is 1.10 bits per heavy atom. The summed E-state index contributed by atoms with van der Waals surface area (Å²) < 4.78 is 37.0. The number of aliphatic carboxylic acids is 1. The first kappa shape index (κ1) is 21.6. The van der Waals surface area contributed by atoms with Crippen LogP contribution in [0.1, 0.15) is 16.1 Å². The third kappa shape index (κ3) is 7.09. The predicted octanol–water partition coefficient (Wildman–Crippen LogP) is 3.34. The quantitative estimate of drug-likeness (QED) is 0.672. The molecule has 152 valence electrons. The minimum Gasteiger partial charge on any atom is -0.475 e. The van der Waals surface area contributed by atoms with Crippen molar-refractivity contribution in [2.24, 2.45) is 0 Å². The number of amides is 1. The van der Waals surface area contributed by atoms with Crippen LogP contribution in [0.4, 0.5) is 13.2 Å². The molecule has 1 amide bonds. The van der Waals surface area contributed by atoms with Crippen molar-refractivity contribution in [1.29, 1.82) is 0 Å². The molecule has 0 fully saturated rings. The fraction of sp³-hybridized carbons (Fsp3) is 0.158. The highest BCUT2D eigenvalue weighted by Crippen LogP contribution is 2.19. The van der Waals surface area contributed by atoms with Gasteiger partial charge in [0, 0.05) is 30.6 Å². The van der Waals surface area contributed by atoms with E-state index in [-0.39, 0.29) is 11.6 Å². The minimum absolute atomic E-state index is 0.241. The Balaban J connectivity index is 0.000000370. The van der Waals surface area contributed by atoms with Crippen LogP contribution in [-0.2, 0) is 11.2 Å². The van der Waals surface area contributed by atoms with Crippen molar-refractivity contribution in [2.75, 3.05) is 6.54 Å². The molecule has 29 heavy (non-hydrogen) atoms. The Bertz CT molecular complexity index is 929. The average Bonchev–Trinajstić information content (AvgIpc) is 3.20. The molecule has 1 aromatic carbocycles. The maximum atomic E-state index is 12.0. The summed E-state index contributed by atoms with van der Waals surface area (Å²) in [6.07, 6.45) is -0.846. The summed E-state index contributed by atoms with van der Waals surface area (Å²) in [5.41, 5.74) is 2.25. The lowest BCUT2D eigenvalue weighted by Gasteiger charge is -2.02. The second-order valence-corrected chi connectivity index (χ2v) is 5.61. The van der Waals surface area contributed by atoms with E-state index in [9.17, 15) is 18.0 Å². The van der Waals surface area contributed by atoms with E-state index in [1.54, 1.807) is 18.5 Å². The number of carbonyl (C=O) groups excluding carboxylic acids is 1. The monoisotopic (exact) mass is 407 g/mol. The van der Waals surface area contributed by atoms with Crippen LogP contribution in [-0.4, -0.2) is 39.8 Å². The number of halogens is 3. The maximum absolute atomic E-state index is 12.0. The number of carboxylic acids is 1. The number of hydrogen-bond acceptors (Lipinski definition) is 5. The normalized spacial score (nSPS) is 10.6. The molecule has 0 saturated heterocycles. The van der Waals surface area contributed by atoms with Gasteiger partial charge in [0.15, 0.2) is 11.5 Å². The van der Waals surface area contributed by atoms with E-state index >= 15 is 0 Å². The molecule has 0 aliphatic rings. The van der Waals surface area contributed by atoms with Gasteiger partial charge in [-0.05, 0) is 18.1 Å². The van der Waals surface area contributed by atoms with E-state index in [1.165, 1.54) is 0 Å². The molecule has 2 N–H and O–H groups in total. The van der Waals surface area contributed by atoms with Crippen LogP contribution in [0.25, 0.3) is 11.3 Å². The minimum atomic E-state index is -5.08. The molecule has 0 bridgehead atoms. The summed E-state index contributed by atoms with van der Waals surface area (Å²) in [5.74, 6) is -2.42. The maximum Gasteiger partial charge on any atom is 0.490 e. The molecule has 2 heterocycles. The number of pyridine rings is 1. The topological polar surface area (TPSA) is 105 Å². The Kier molecular flexibility index (Phi) is 7.47. The largest absolute Gasteiger partial charge is 0.490 e. The number of aromatic nitrogens is 2. The van der Waals surface area contributed by atoms with Gasteiger partial charge in [-0.3, -0.25) is 9.78 Å². The molecular weight excluding hydrogens is 391 g/mol. The molecule has 0 radical (unpaired) electrons. The summed E-state index contributed by atoms with van der Waals surface area (Å²) >= 11 is 0. The van der Waals surface area contributed by atoms with Crippen molar-refractivity contribution in [3.63, 3.8) is 0 Å². The molecule has 3 aromatic rings. The average molecular weight is 407 g/mol. The van der Waals surface area contributed by atoms with Gasteiger partial charge in [0.1, 0.15) is 0 Å². The van der Waals surface area contributed by atoms with Crippen LogP contribution in [0.2, 0.25) is 0 Å². The Morgan fingerprint density at radius 3 is 2.38 bits per heavy atom. The van der Waals surface area contributed by atoms with Crippen molar-refractivity contribution in [1.82, 2.24) is 15.5 Å². The van der Waals surface area contributed by atoms with Gasteiger partial charge in [0.25, 0.3) is 5.91 Å². The van der Waals surface area contributed by atoms with Crippen LogP contribution < -0.4 is 5.32 Å². The number of hydrogen-bond donors (Lipinski definition) is 2.